The van der Waals surface area contributed by atoms with Crippen LogP contribution in [0.2, 0.25) is 0 Å². The number of nitrogens with one attached hydrogen (secondary N) is 1. The minimum Gasteiger partial charge on any atom is -0.358 e. The molecule has 18 heavy (non-hydrogen) atoms. The van der Waals surface area contributed by atoms with Crippen molar-refractivity contribution in [3.05, 3.63) is 16.4 Å². The number of nitro groups is 1. The van der Waals surface area contributed by atoms with E-state index in [1.54, 1.807) is 7.05 Å². The highest BCUT2D eigenvalue weighted by molar-refractivity contribution is 6.06. The van der Waals surface area contributed by atoms with E-state index < -0.39 is 16.9 Å². The molecule has 0 aliphatic carbocycles. The van der Waals surface area contributed by atoms with Gasteiger partial charge in [-0.25, -0.2) is 0 Å². The van der Waals surface area contributed by atoms with Gasteiger partial charge in [-0.1, -0.05) is 0 Å². The third kappa shape index (κ3) is 1.79. The number of hydrogen-bond acceptors (Lipinski definition) is 6. The molecule has 1 N–H and O–H groups in total. The van der Waals surface area contributed by atoms with Crippen LogP contribution in [0.4, 0.5) is 11.6 Å². The molecule has 9 nitrogen and oxygen atoms in total. The van der Waals surface area contributed by atoms with Crippen LogP contribution in [0.15, 0.2) is 6.33 Å². The molecule has 1 fully saturated rings. The Kier molecular flexibility index (Phi) is 2.73. The second kappa shape index (κ2) is 4.09. The number of anilines is 1. The first-order valence-corrected chi connectivity index (χ1v) is 5.14. The first kappa shape index (κ1) is 12.0. The molecule has 0 bridgehead atoms. The van der Waals surface area contributed by atoms with Gasteiger partial charge in [-0.3, -0.25) is 19.1 Å². The average Bonchev–Trinajstić information content (AvgIpc) is 2.77. The SMILES string of the molecule is CN1C(=O)CC(Nc2c([N+](=O)[O-])ncn2C)C1=O. The molecule has 2 heterocycles. The number of likely N-dealkylation sites (N-methyl/N-ethyl adjacent to an activating group) is 1. The maximum atomic E-state index is 11.7. The van der Waals surface area contributed by atoms with Gasteiger partial charge in [0.25, 0.3) is 5.91 Å². The number of amides is 2. The fraction of sp³-hybridized carbons (Fsp3) is 0.444. The highest BCUT2D eigenvalue weighted by Crippen LogP contribution is 2.24. The molecular formula is C9H11N5O4. The zero-order valence-electron chi connectivity index (χ0n) is 9.78. The summed E-state index contributed by atoms with van der Waals surface area (Å²) in [5.41, 5.74) is 0. The summed E-state index contributed by atoms with van der Waals surface area (Å²) in [4.78, 5) is 37.7. The molecule has 1 aliphatic heterocycles. The molecule has 1 atom stereocenters. The lowest BCUT2D eigenvalue weighted by Crippen LogP contribution is -2.32. The number of carbonyl (C=O) groups is 2. The molecule has 2 amide bonds. The van der Waals surface area contributed by atoms with Crippen LogP contribution in [-0.4, -0.2) is 44.3 Å². The molecule has 1 unspecified atom stereocenters. The highest BCUT2D eigenvalue weighted by Gasteiger charge is 2.37. The molecule has 2 rings (SSSR count). The minimum atomic E-state index is -0.781. The van der Waals surface area contributed by atoms with Gasteiger partial charge in [-0.15, -0.1) is 0 Å². The lowest BCUT2D eigenvalue weighted by molar-refractivity contribution is -0.388. The average molecular weight is 253 g/mol. The van der Waals surface area contributed by atoms with E-state index in [4.69, 9.17) is 0 Å². The van der Waals surface area contributed by atoms with Gasteiger partial charge in [-0.05, 0) is 9.91 Å². The van der Waals surface area contributed by atoms with Crippen molar-refractivity contribution in [2.24, 2.45) is 7.05 Å². The first-order chi connectivity index (χ1) is 8.41. The summed E-state index contributed by atoms with van der Waals surface area (Å²) in [6.45, 7) is 0. The van der Waals surface area contributed by atoms with Gasteiger partial charge >= 0.3 is 5.82 Å². The number of likely N-dealkylation sites (tertiary alicyclic amines) is 1. The summed E-state index contributed by atoms with van der Waals surface area (Å²) in [5, 5.41) is 13.4. The Labute approximate surface area is 102 Å². The standard InChI is InChI=1S/C9H11N5O4/c1-12-4-10-7(14(17)18)8(12)11-5-3-6(15)13(2)9(5)16/h4-5,11H,3H2,1-2H3. The van der Waals surface area contributed by atoms with Crippen molar-refractivity contribution >= 4 is 23.5 Å². The molecule has 0 radical (unpaired) electrons. The van der Waals surface area contributed by atoms with Crippen molar-refractivity contribution in [1.29, 1.82) is 0 Å². The Morgan fingerprint density at radius 1 is 1.50 bits per heavy atom. The van der Waals surface area contributed by atoms with Gasteiger partial charge in [0, 0.05) is 14.1 Å². The summed E-state index contributed by atoms with van der Waals surface area (Å²) in [7, 11) is 2.94. The molecule has 1 aromatic rings. The molecule has 0 aromatic carbocycles. The van der Waals surface area contributed by atoms with Crippen molar-refractivity contribution in [2.45, 2.75) is 12.5 Å². The van der Waals surface area contributed by atoms with E-state index in [1.807, 2.05) is 0 Å². The van der Waals surface area contributed by atoms with Crippen molar-refractivity contribution in [1.82, 2.24) is 14.5 Å². The van der Waals surface area contributed by atoms with Crippen molar-refractivity contribution in [3.63, 3.8) is 0 Å². The van der Waals surface area contributed by atoms with Gasteiger partial charge in [0.15, 0.2) is 0 Å². The fourth-order valence-electron chi connectivity index (χ4n) is 1.75. The largest absolute Gasteiger partial charge is 0.406 e. The fourth-order valence-corrected chi connectivity index (χ4v) is 1.75. The van der Waals surface area contributed by atoms with Crippen LogP contribution in [0, 0.1) is 10.1 Å². The summed E-state index contributed by atoms with van der Waals surface area (Å²) in [6.07, 6.45) is 1.25. The third-order valence-electron chi connectivity index (χ3n) is 2.78. The van der Waals surface area contributed by atoms with Crippen molar-refractivity contribution < 1.29 is 14.5 Å². The van der Waals surface area contributed by atoms with Crippen LogP contribution in [-0.2, 0) is 16.6 Å². The van der Waals surface area contributed by atoms with Gasteiger partial charge < -0.3 is 15.4 Å². The number of imide groups is 1. The molecule has 1 aliphatic rings. The van der Waals surface area contributed by atoms with Crippen LogP contribution in [0.5, 0.6) is 0 Å². The smallest absolute Gasteiger partial charge is 0.358 e. The summed E-state index contributed by atoms with van der Waals surface area (Å²) >= 11 is 0. The Balaban J connectivity index is 2.25. The van der Waals surface area contributed by atoms with Crippen molar-refractivity contribution in [2.75, 3.05) is 12.4 Å². The summed E-state index contributed by atoms with van der Waals surface area (Å²) in [5.74, 6) is -0.980. The number of imidazole rings is 1. The normalized spacial score (nSPS) is 19.4. The topological polar surface area (TPSA) is 110 Å². The van der Waals surface area contributed by atoms with Gasteiger partial charge in [0.1, 0.15) is 6.04 Å². The van der Waals surface area contributed by atoms with E-state index in [0.717, 1.165) is 4.90 Å². The van der Waals surface area contributed by atoms with E-state index in [2.05, 4.69) is 10.3 Å². The molecule has 0 spiro atoms. The number of hydrogen-bond donors (Lipinski definition) is 1. The maximum absolute atomic E-state index is 11.7. The third-order valence-corrected chi connectivity index (χ3v) is 2.78. The maximum Gasteiger partial charge on any atom is 0.406 e. The molecule has 96 valence electrons. The van der Waals surface area contributed by atoms with E-state index in [-0.39, 0.29) is 24.0 Å². The van der Waals surface area contributed by atoms with E-state index in [0.29, 0.717) is 0 Å². The van der Waals surface area contributed by atoms with Crippen LogP contribution >= 0.6 is 0 Å². The number of rotatable bonds is 3. The molecule has 0 saturated carbocycles. The molecular weight excluding hydrogens is 242 g/mol. The lowest BCUT2D eigenvalue weighted by Gasteiger charge is -2.11. The van der Waals surface area contributed by atoms with Crippen LogP contribution < -0.4 is 5.32 Å². The zero-order chi connectivity index (χ0) is 13.4. The predicted molar refractivity (Wildman–Crippen MR) is 59.7 cm³/mol. The second-order valence-corrected chi connectivity index (χ2v) is 3.98. The first-order valence-electron chi connectivity index (χ1n) is 5.14. The number of carbonyl (C=O) groups excluding carboxylic acids is 2. The van der Waals surface area contributed by atoms with E-state index in [9.17, 15) is 19.7 Å². The summed E-state index contributed by atoms with van der Waals surface area (Å²) < 4.78 is 1.40. The predicted octanol–water partition coefficient (Wildman–Crippen LogP) is -0.503. The highest BCUT2D eigenvalue weighted by atomic mass is 16.6. The molecule has 1 aromatic heterocycles. The lowest BCUT2D eigenvalue weighted by atomic mass is 10.2. The zero-order valence-corrected chi connectivity index (χ0v) is 9.78. The monoisotopic (exact) mass is 253 g/mol. The number of nitrogens with zero attached hydrogens (tertiary/aromatic N) is 4. The Morgan fingerprint density at radius 3 is 2.67 bits per heavy atom. The Hall–Kier alpha value is -2.45. The van der Waals surface area contributed by atoms with Crippen LogP contribution in [0.1, 0.15) is 6.42 Å². The van der Waals surface area contributed by atoms with E-state index in [1.165, 1.54) is 17.9 Å². The molecule has 1 saturated heterocycles. The Morgan fingerprint density at radius 2 is 2.17 bits per heavy atom. The minimum absolute atomic E-state index is 0.0162. The number of aryl methyl sites for hydroxylation is 1. The Bertz CT molecular complexity index is 537. The van der Waals surface area contributed by atoms with Gasteiger partial charge in [-0.2, -0.15) is 0 Å². The quantitative estimate of drug-likeness (QED) is 0.441. The van der Waals surface area contributed by atoms with Gasteiger partial charge in [0.2, 0.25) is 18.1 Å². The van der Waals surface area contributed by atoms with Crippen molar-refractivity contribution in [3.8, 4) is 0 Å². The van der Waals surface area contributed by atoms with E-state index >= 15 is 0 Å². The second-order valence-electron chi connectivity index (χ2n) is 3.98. The van der Waals surface area contributed by atoms with Crippen LogP contribution in [0.3, 0.4) is 0 Å². The van der Waals surface area contributed by atoms with Gasteiger partial charge in [0.05, 0.1) is 6.42 Å². The number of aromatic nitrogens is 2. The van der Waals surface area contributed by atoms with Crippen LogP contribution in [0.25, 0.3) is 0 Å². The molecule has 9 heteroatoms. The summed E-state index contributed by atoms with van der Waals surface area (Å²) in [6, 6.07) is -0.781.